The Kier molecular flexibility index (Phi) is 4.20. The van der Waals surface area contributed by atoms with Gasteiger partial charge in [-0.2, -0.15) is 4.31 Å². The molecule has 2 unspecified atom stereocenters. The van der Waals surface area contributed by atoms with Crippen molar-refractivity contribution in [2.45, 2.75) is 37.8 Å². The molecule has 1 saturated heterocycles. The van der Waals surface area contributed by atoms with Crippen molar-refractivity contribution in [2.75, 3.05) is 13.1 Å². The smallest absolute Gasteiger partial charge is 0.243 e. The maximum Gasteiger partial charge on any atom is 0.243 e. The molecule has 1 aliphatic heterocycles. The van der Waals surface area contributed by atoms with Gasteiger partial charge in [-0.1, -0.05) is 17.7 Å². The highest BCUT2D eigenvalue weighted by Gasteiger charge is 2.34. The molecule has 0 saturated carbocycles. The van der Waals surface area contributed by atoms with Crippen molar-refractivity contribution >= 4 is 21.6 Å². The maximum absolute atomic E-state index is 12.8. The van der Waals surface area contributed by atoms with Crippen molar-refractivity contribution in [2.24, 2.45) is 0 Å². The average molecular weight is 303 g/mol. The van der Waals surface area contributed by atoms with Crippen LogP contribution in [0.25, 0.3) is 0 Å². The summed E-state index contributed by atoms with van der Waals surface area (Å²) in [6.07, 6.45) is 0. The Morgan fingerprint density at radius 1 is 1.37 bits per heavy atom. The van der Waals surface area contributed by atoms with Gasteiger partial charge in [-0.05, 0) is 38.5 Å². The highest BCUT2D eigenvalue weighted by atomic mass is 35.5. The highest BCUT2D eigenvalue weighted by Crippen LogP contribution is 2.26. The zero-order valence-corrected chi connectivity index (χ0v) is 12.9. The molecular formula is C13H19ClN2O2S. The molecule has 19 heavy (non-hydrogen) atoms. The van der Waals surface area contributed by atoms with Crippen LogP contribution in [-0.2, 0) is 10.0 Å². The molecule has 2 atom stereocenters. The molecule has 0 aliphatic carbocycles. The zero-order valence-electron chi connectivity index (χ0n) is 11.4. The van der Waals surface area contributed by atoms with Gasteiger partial charge in [0.1, 0.15) is 0 Å². The van der Waals surface area contributed by atoms with E-state index in [1.807, 2.05) is 13.8 Å². The number of hydrogen-bond donors (Lipinski definition) is 1. The van der Waals surface area contributed by atoms with Gasteiger partial charge in [0.15, 0.2) is 0 Å². The molecule has 2 rings (SSSR count). The van der Waals surface area contributed by atoms with Crippen LogP contribution in [0.1, 0.15) is 19.4 Å². The van der Waals surface area contributed by atoms with Gasteiger partial charge < -0.3 is 5.32 Å². The van der Waals surface area contributed by atoms with Gasteiger partial charge in [-0.25, -0.2) is 8.42 Å². The van der Waals surface area contributed by atoms with E-state index in [1.54, 1.807) is 23.4 Å². The molecule has 0 bridgehead atoms. The number of nitrogens with zero attached hydrogens (tertiary/aromatic N) is 1. The summed E-state index contributed by atoms with van der Waals surface area (Å²) in [6.45, 7) is 6.84. The molecule has 1 N–H and O–H groups in total. The van der Waals surface area contributed by atoms with Crippen LogP contribution in [0.4, 0.5) is 0 Å². The van der Waals surface area contributed by atoms with E-state index in [2.05, 4.69) is 5.32 Å². The number of aryl methyl sites for hydroxylation is 1. The van der Waals surface area contributed by atoms with Crippen molar-refractivity contribution in [1.82, 2.24) is 9.62 Å². The average Bonchev–Trinajstić information content (AvgIpc) is 2.35. The largest absolute Gasteiger partial charge is 0.311 e. The molecule has 1 aliphatic rings. The number of halogens is 1. The molecule has 0 radical (unpaired) electrons. The molecule has 1 aromatic rings. The lowest BCUT2D eigenvalue weighted by Crippen LogP contribution is -2.56. The fraction of sp³-hybridized carbons (Fsp3) is 0.538. The Balaban J connectivity index is 2.44. The summed E-state index contributed by atoms with van der Waals surface area (Å²) in [4.78, 5) is 0.306. The van der Waals surface area contributed by atoms with Gasteiger partial charge in [0, 0.05) is 30.2 Å². The second-order valence-corrected chi connectivity index (χ2v) is 7.44. The Hall–Kier alpha value is -0.620. The normalized spacial score (nSPS) is 25.5. The highest BCUT2D eigenvalue weighted by molar-refractivity contribution is 7.89. The summed E-state index contributed by atoms with van der Waals surface area (Å²) >= 11 is 5.93. The Morgan fingerprint density at radius 3 is 2.74 bits per heavy atom. The summed E-state index contributed by atoms with van der Waals surface area (Å²) in [5, 5.41) is 3.72. The topological polar surface area (TPSA) is 49.4 Å². The van der Waals surface area contributed by atoms with E-state index in [-0.39, 0.29) is 12.1 Å². The molecule has 4 nitrogen and oxygen atoms in total. The van der Waals surface area contributed by atoms with Gasteiger partial charge in [0.2, 0.25) is 10.0 Å². The van der Waals surface area contributed by atoms with Crippen LogP contribution in [0.15, 0.2) is 23.1 Å². The van der Waals surface area contributed by atoms with E-state index in [1.165, 1.54) is 6.07 Å². The van der Waals surface area contributed by atoms with Gasteiger partial charge in [-0.15, -0.1) is 0 Å². The summed E-state index contributed by atoms with van der Waals surface area (Å²) in [7, 11) is -3.49. The number of piperazine rings is 1. The van der Waals surface area contributed by atoms with E-state index in [0.29, 0.717) is 23.0 Å². The molecule has 1 heterocycles. The number of rotatable bonds is 2. The van der Waals surface area contributed by atoms with Gasteiger partial charge in [0.25, 0.3) is 0 Å². The van der Waals surface area contributed by atoms with Crippen LogP contribution in [0, 0.1) is 6.92 Å². The van der Waals surface area contributed by atoms with Gasteiger partial charge in [-0.3, -0.25) is 0 Å². The second kappa shape index (κ2) is 5.40. The monoisotopic (exact) mass is 302 g/mol. The van der Waals surface area contributed by atoms with Crippen LogP contribution < -0.4 is 5.32 Å². The molecule has 6 heteroatoms. The van der Waals surface area contributed by atoms with E-state index in [0.717, 1.165) is 5.56 Å². The van der Waals surface area contributed by atoms with Crippen molar-refractivity contribution in [3.05, 3.63) is 28.8 Å². The first kappa shape index (κ1) is 14.8. The summed E-state index contributed by atoms with van der Waals surface area (Å²) < 4.78 is 27.1. The number of hydrogen-bond acceptors (Lipinski definition) is 3. The molecule has 0 spiro atoms. The van der Waals surface area contributed by atoms with Gasteiger partial charge >= 0.3 is 0 Å². The molecule has 106 valence electrons. The first-order chi connectivity index (χ1) is 8.82. The Bertz CT molecular complexity index is 574. The summed E-state index contributed by atoms with van der Waals surface area (Å²) in [5.74, 6) is 0. The van der Waals surface area contributed by atoms with E-state index in [4.69, 9.17) is 11.6 Å². The third-order valence-electron chi connectivity index (χ3n) is 3.44. The minimum atomic E-state index is -3.49. The first-order valence-electron chi connectivity index (χ1n) is 6.33. The van der Waals surface area contributed by atoms with E-state index >= 15 is 0 Å². The van der Waals surface area contributed by atoms with Crippen molar-refractivity contribution < 1.29 is 8.42 Å². The lowest BCUT2D eigenvalue weighted by Gasteiger charge is -2.36. The lowest BCUT2D eigenvalue weighted by atomic mass is 10.2. The zero-order chi connectivity index (χ0) is 14.2. The maximum atomic E-state index is 12.8. The third kappa shape index (κ3) is 2.94. The molecular weight excluding hydrogens is 284 g/mol. The van der Waals surface area contributed by atoms with Crippen molar-refractivity contribution in [3.8, 4) is 0 Å². The molecule has 1 fully saturated rings. The Morgan fingerprint density at radius 2 is 2.05 bits per heavy atom. The van der Waals surface area contributed by atoms with Crippen LogP contribution in [0.2, 0.25) is 5.02 Å². The van der Waals surface area contributed by atoms with Gasteiger partial charge in [0.05, 0.1) is 4.90 Å². The number of benzene rings is 1. The molecule has 0 amide bonds. The van der Waals surface area contributed by atoms with Crippen molar-refractivity contribution in [1.29, 1.82) is 0 Å². The predicted molar refractivity (Wildman–Crippen MR) is 77.0 cm³/mol. The molecule has 0 aromatic heterocycles. The third-order valence-corrected chi connectivity index (χ3v) is 5.80. The lowest BCUT2D eigenvalue weighted by molar-refractivity contribution is 0.244. The quantitative estimate of drug-likeness (QED) is 0.909. The minimum Gasteiger partial charge on any atom is -0.311 e. The van der Waals surface area contributed by atoms with E-state index in [9.17, 15) is 8.42 Å². The van der Waals surface area contributed by atoms with Crippen LogP contribution in [0.5, 0.6) is 0 Å². The van der Waals surface area contributed by atoms with Crippen LogP contribution in [0.3, 0.4) is 0 Å². The fourth-order valence-electron chi connectivity index (χ4n) is 2.30. The molecule has 1 aromatic carbocycles. The summed E-state index contributed by atoms with van der Waals surface area (Å²) in [5.41, 5.74) is 0.725. The van der Waals surface area contributed by atoms with Crippen molar-refractivity contribution in [3.63, 3.8) is 0 Å². The minimum absolute atomic E-state index is 0.0559. The predicted octanol–water partition coefficient (Wildman–Crippen LogP) is 2.02. The first-order valence-corrected chi connectivity index (χ1v) is 8.15. The van der Waals surface area contributed by atoms with Crippen LogP contribution in [-0.4, -0.2) is 37.9 Å². The number of nitrogens with one attached hydrogen (secondary N) is 1. The number of sulfonamides is 1. The van der Waals surface area contributed by atoms with Crippen LogP contribution >= 0.6 is 11.6 Å². The standard InChI is InChI=1S/C13H19ClN2O2S/c1-9-4-5-12(14)6-13(9)19(17,18)16-8-10(2)15-7-11(16)3/h4-6,10-11,15H,7-8H2,1-3H3. The SMILES string of the molecule is Cc1ccc(Cl)cc1S(=O)(=O)N1CC(C)NCC1C. The van der Waals surface area contributed by atoms with E-state index < -0.39 is 10.0 Å². The second-order valence-electron chi connectivity index (χ2n) is 5.14. The Labute approximate surface area is 119 Å². The fourth-order valence-corrected chi connectivity index (χ4v) is 4.51. The summed E-state index contributed by atoms with van der Waals surface area (Å²) in [6, 6.07) is 5.08.